The third-order valence-corrected chi connectivity index (χ3v) is 8.90. The van der Waals surface area contributed by atoms with Crippen molar-refractivity contribution in [3.8, 4) is 0 Å². The first-order valence-corrected chi connectivity index (χ1v) is 11.6. The molecule has 0 heterocycles. The summed E-state index contributed by atoms with van der Waals surface area (Å²) in [6, 6.07) is 13.5. The van der Waals surface area contributed by atoms with E-state index in [2.05, 4.69) is 109 Å². The van der Waals surface area contributed by atoms with Gasteiger partial charge in [0.2, 0.25) is 0 Å². The number of hydrogen-bond donors (Lipinski definition) is 0. The number of hydrogen-bond acceptors (Lipinski definition) is 0. The molecule has 2 aliphatic carbocycles. The fourth-order valence-corrected chi connectivity index (χ4v) is 8.84. The molecule has 162 valence electrons. The third kappa shape index (κ3) is 7.57. The van der Waals surface area contributed by atoms with Crippen LogP contribution < -0.4 is 30.1 Å². The molecule has 0 bridgehead atoms. The molecule has 0 amide bonds. The monoisotopic (exact) mass is 496 g/mol. The summed E-state index contributed by atoms with van der Waals surface area (Å²) in [7, 11) is -0.185. The number of benzene rings is 1. The van der Waals surface area contributed by atoms with Gasteiger partial charge in [-0.2, -0.15) is 12.5 Å². The van der Waals surface area contributed by atoms with Gasteiger partial charge >= 0.3 is 21.7 Å². The van der Waals surface area contributed by atoms with Gasteiger partial charge in [0.05, 0.1) is 0 Å². The predicted molar refractivity (Wildman–Crippen MR) is 124 cm³/mol. The molecule has 2 aromatic carbocycles. The molecular formula is C26H35Cl2PTi. The Morgan fingerprint density at radius 3 is 2.07 bits per heavy atom. The fourth-order valence-electron chi connectivity index (χ4n) is 4.74. The molecule has 1 fully saturated rings. The van der Waals surface area contributed by atoms with E-state index in [-0.39, 0.29) is 54.5 Å². The minimum absolute atomic E-state index is 0. The third-order valence-electron chi connectivity index (χ3n) is 5.44. The quantitative estimate of drug-likeness (QED) is 0.319. The van der Waals surface area contributed by atoms with Crippen molar-refractivity contribution in [1.29, 1.82) is 0 Å². The Kier molecular flexibility index (Phi) is 12.3. The first-order valence-electron chi connectivity index (χ1n) is 10.3. The average molecular weight is 497 g/mol. The molecule has 2 unspecified atom stereocenters. The van der Waals surface area contributed by atoms with Crippen molar-refractivity contribution in [2.45, 2.75) is 64.7 Å². The van der Waals surface area contributed by atoms with Crippen LogP contribution in [0.1, 0.15) is 54.4 Å². The number of rotatable bonds is 1. The molecular weight excluding hydrogens is 462 g/mol. The van der Waals surface area contributed by atoms with Crippen molar-refractivity contribution in [2.24, 2.45) is 11.8 Å². The van der Waals surface area contributed by atoms with E-state index in [1.807, 2.05) is 0 Å². The first kappa shape index (κ1) is 30.0. The van der Waals surface area contributed by atoms with Crippen LogP contribution in [0.5, 0.6) is 0 Å². The minimum Gasteiger partial charge on any atom is -1.00 e. The van der Waals surface area contributed by atoms with Crippen LogP contribution in [0.25, 0.3) is 10.8 Å². The topological polar surface area (TPSA) is 0 Å². The Balaban J connectivity index is 0.000000597. The Labute approximate surface area is 213 Å². The number of fused-ring (bicyclic) bond motifs is 2. The van der Waals surface area contributed by atoms with Gasteiger partial charge in [-0.25, -0.2) is 0 Å². The van der Waals surface area contributed by atoms with Gasteiger partial charge in [0.25, 0.3) is 0 Å². The van der Waals surface area contributed by atoms with Gasteiger partial charge in [-0.15, -0.1) is 52.3 Å². The second-order valence-electron chi connectivity index (χ2n) is 9.84. The Hall–Kier alpha value is 0.0343. The summed E-state index contributed by atoms with van der Waals surface area (Å²) in [6.07, 6.45) is 14.1. The van der Waals surface area contributed by atoms with Gasteiger partial charge in [-0.1, -0.05) is 80.2 Å². The van der Waals surface area contributed by atoms with E-state index in [1.165, 1.54) is 23.6 Å². The van der Waals surface area contributed by atoms with Crippen LogP contribution in [0.2, 0.25) is 0 Å². The molecule has 0 aliphatic heterocycles. The fraction of sp³-hybridized carbons (Fsp3) is 0.462. The Morgan fingerprint density at radius 2 is 1.50 bits per heavy atom. The van der Waals surface area contributed by atoms with Gasteiger partial charge in [0.1, 0.15) is 0 Å². The molecule has 0 spiro atoms. The van der Waals surface area contributed by atoms with Crippen molar-refractivity contribution in [2.75, 3.05) is 0 Å². The second-order valence-corrected chi connectivity index (χ2v) is 13.7. The summed E-state index contributed by atoms with van der Waals surface area (Å²) >= 11 is 0. The van der Waals surface area contributed by atoms with Gasteiger partial charge < -0.3 is 31.2 Å². The first-order chi connectivity index (χ1) is 12.7. The van der Waals surface area contributed by atoms with Crippen molar-refractivity contribution in [1.82, 2.24) is 0 Å². The van der Waals surface area contributed by atoms with E-state index in [0.29, 0.717) is 10.3 Å². The number of halogens is 2. The van der Waals surface area contributed by atoms with Crippen molar-refractivity contribution in [3.05, 3.63) is 67.1 Å². The zero-order chi connectivity index (χ0) is 19.7. The second kappa shape index (κ2) is 12.3. The summed E-state index contributed by atoms with van der Waals surface area (Å²) < 4.78 is 0. The maximum absolute atomic E-state index is 2.42. The van der Waals surface area contributed by atoms with E-state index in [1.54, 1.807) is 5.30 Å². The molecule has 30 heavy (non-hydrogen) atoms. The van der Waals surface area contributed by atoms with E-state index in [4.69, 9.17) is 0 Å². The smallest absolute Gasteiger partial charge is 1.00 e. The molecule has 0 aromatic heterocycles. The van der Waals surface area contributed by atoms with Crippen molar-refractivity contribution >= 4 is 24.0 Å². The van der Waals surface area contributed by atoms with Gasteiger partial charge in [0, 0.05) is 0 Å². The van der Waals surface area contributed by atoms with E-state index < -0.39 is 0 Å². The average Bonchev–Trinajstić information content (AvgIpc) is 3.18. The molecule has 2 atom stereocenters. The van der Waals surface area contributed by atoms with Gasteiger partial charge in [-0.3, -0.25) is 0 Å². The molecule has 0 saturated heterocycles. The van der Waals surface area contributed by atoms with Crippen LogP contribution in [0.15, 0.2) is 60.7 Å². The summed E-state index contributed by atoms with van der Waals surface area (Å²) in [5.74, 6) is 1.62. The maximum Gasteiger partial charge on any atom is 4.00 e. The zero-order valence-electron chi connectivity index (χ0n) is 19.1. The molecule has 2 aromatic rings. The van der Waals surface area contributed by atoms with Crippen LogP contribution >= 0.6 is 7.92 Å². The van der Waals surface area contributed by atoms with Gasteiger partial charge in [-0.05, 0) is 16.2 Å². The molecule has 0 N–H and O–H groups in total. The van der Waals surface area contributed by atoms with Crippen LogP contribution in [-0.2, 0) is 21.7 Å². The molecule has 1 saturated carbocycles. The van der Waals surface area contributed by atoms with Crippen LogP contribution in [0.4, 0.5) is 0 Å². The van der Waals surface area contributed by atoms with Crippen LogP contribution in [0, 0.1) is 18.3 Å². The molecule has 0 radical (unpaired) electrons. The van der Waals surface area contributed by atoms with Crippen molar-refractivity contribution < 1.29 is 46.5 Å². The largest absolute Gasteiger partial charge is 4.00 e. The maximum atomic E-state index is 2.42. The summed E-state index contributed by atoms with van der Waals surface area (Å²) in [6.45, 7) is 14.3. The normalized spacial score (nSPS) is 19.8. The molecule has 2 aliphatic rings. The molecule has 4 rings (SSSR count). The van der Waals surface area contributed by atoms with Gasteiger partial charge in [0.15, 0.2) is 0 Å². The van der Waals surface area contributed by atoms with E-state index in [9.17, 15) is 0 Å². The Morgan fingerprint density at radius 1 is 0.900 bits per heavy atom. The van der Waals surface area contributed by atoms with E-state index >= 15 is 0 Å². The van der Waals surface area contributed by atoms with Crippen molar-refractivity contribution in [3.63, 3.8) is 0 Å². The number of allylic oxidation sites excluding steroid dienone is 4. The SMILES string of the molecule is C1=CC2[CH-]CCC2C=C1.CC(C)(C)P(c1cc2ccccc2[cH-]1)C(C)(C)C.[Cl-].[Cl-].[Ti+4]. The standard InChI is InChI=1S/C17H24P.C9H11.2ClH.Ti/c1-16(2,3)18(17(4,5)6)15-11-13-9-7-8-10-14(13)12-15;1-2-5-9-7-3-6-8(9)4-1;;;/h7-12H,1-6H3;1-2,4-6,8-9H,3,7H2;2*1H;/q2*-1;;;+4/p-2. The summed E-state index contributed by atoms with van der Waals surface area (Å²) in [5.41, 5.74) is 0. The van der Waals surface area contributed by atoms with Crippen LogP contribution in [0.3, 0.4) is 0 Å². The predicted octanol–water partition coefficient (Wildman–Crippen LogP) is 1.61. The summed E-state index contributed by atoms with van der Waals surface area (Å²) in [4.78, 5) is 0. The van der Waals surface area contributed by atoms with E-state index in [0.717, 1.165) is 11.8 Å². The molecule has 4 heteroatoms. The van der Waals surface area contributed by atoms with Crippen LogP contribution in [-0.4, -0.2) is 10.3 Å². The zero-order valence-corrected chi connectivity index (χ0v) is 23.1. The Bertz CT molecular complexity index is 758. The minimum atomic E-state index is -0.185. The molecule has 0 nitrogen and oxygen atoms in total. The summed E-state index contributed by atoms with van der Waals surface area (Å²) in [5, 5.41) is 5.00.